The van der Waals surface area contributed by atoms with E-state index in [2.05, 4.69) is 5.32 Å². The van der Waals surface area contributed by atoms with Gasteiger partial charge in [0.2, 0.25) is 5.43 Å². The zero-order chi connectivity index (χ0) is 15.4. The van der Waals surface area contributed by atoms with Gasteiger partial charge in [-0.15, -0.1) is 0 Å². The third kappa shape index (κ3) is 2.77. The molecule has 112 valence electrons. The molecule has 0 amide bonds. The minimum Gasteiger partial charge on any atom is -0.462 e. The molecular formula is C16H20N2O3. The zero-order valence-corrected chi connectivity index (χ0v) is 12.6. The largest absolute Gasteiger partial charge is 0.462 e. The number of nitrogens with zero attached hydrogens (tertiary/aromatic N) is 1. The molecule has 0 aliphatic rings. The highest BCUT2D eigenvalue weighted by atomic mass is 16.5. The Hall–Kier alpha value is -2.30. The van der Waals surface area contributed by atoms with E-state index in [1.807, 2.05) is 36.6 Å². The fraction of sp³-hybridized carbons (Fsp3) is 0.375. The Morgan fingerprint density at radius 1 is 1.29 bits per heavy atom. The molecule has 2 aromatic rings. The highest BCUT2D eigenvalue weighted by Crippen LogP contribution is 2.21. The summed E-state index contributed by atoms with van der Waals surface area (Å²) in [4.78, 5) is 24.6. The van der Waals surface area contributed by atoms with Crippen molar-refractivity contribution in [1.29, 1.82) is 0 Å². The average molecular weight is 288 g/mol. The lowest BCUT2D eigenvalue weighted by molar-refractivity contribution is 0.0524. The summed E-state index contributed by atoms with van der Waals surface area (Å²) in [5.74, 6) is -0.571. The van der Waals surface area contributed by atoms with E-state index in [4.69, 9.17) is 4.74 Å². The Bertz CT molecular complexity index is 719. The van der Waals surface area contributed by atoms with Gasteiger partial charge in [0.05, 0.1) is 17.5 Å². The predicted molar refractivity (Wildman–Crippen MR) is 84.0 cm³/mol. The Morgan fingerprint density at radius 2 is 2.05 bits per heavy atom. The van der Waals surface area contributed by atoms with Crippen molar-refractivity contribution >= 4 is 22.6 Å². The molecule has 0 saturated carbocycles. The Kier molecular flexibility index (Phi) is 4.62. The lowest BCUT2D eigenvalue weighted by Crippen LogP contribution is -2.21. The molecule has 21 heavy (non-hydrogen) atoms. The number of carbonyl (C=O) groups is 1. The van der Waals surface area contributed by atoms with Crippen LogP contribution in [0, 0.1) is 0 Å². The van der Waals surface area contributed by atoms with E-state index in [0.29, 0.717) is 18.5 Å². The summed E-state index contributed by atoms with van der Waals surface area (Å²) in [6.07, 6.45) is 1.58. The first kappa shape index (κ1) is 15.1. The zero-order valence-electron chi connectivity index (χ0n) is 12.6. The van der Waals surface area contributed by atoms with Crippen LogP contribution in [0.25, 0.3) is 10.9 Å². The Labute approximate surface area is 123 Å². The molecular weight excluding hydrogens is 268 g/mol. The number of carbonyl (C=O) groups excluding carboxylic acids is 1. The SMILES string of the molecule is CCNc1cccc2c1c(=O)c(C(=O)OCC)cn2CC. The van der Waals surface area contributed by atoms with Crippen molar-refractivity contribution in [1.82, 2.24) is 4.57 Å². The fourth-order valence-electron chi connectivity index (χ4n) is 2.39. The number of hydrogen-bond acceptors (Lipinski definition) is 4. The van der Waals surface area contributed by atoms with Crippen LogP contribution in [0.3, 0.4) is 0 Å². The second-order valence-corrected chi connectivity index (χ2v) is 4.61. The van der Waals surface area contributed by atoms with Crippen LogP contribution in [0.5, 0.6) is 0 Å². The van der Waals surface area contributed by atoms with Gasteiger partial charge in [-0.25, -0.2) is 4.79 Å². The van der Waals surface area contributed by atoms with Gasteiger partial charge in [0, 0.05) is 25.0 Å². The van der Waals surface area contributed by atoms with Crippen molar-refractivity contribution in [2.45, 2.75) is 27.3 Å². The molecule has 0 bridgehead atoms. The third-order valence-electron chi connectivity index (χ3n) is 3.31. The molecule has 0 fully saturated rings. The van der Waals surface area contributed by atoms with Crippen LogP contribution < -0.4 is 10.7 Å². The van der Waals surface area contributed by atoms with Crippen molar-refractivity contribution in [3.05, 3.63) is 40.2 Å². The Morgan fingerprint density at radius 3 is 2.67 bits per heavy atom. The monoisotopic (exact) mass is 288 g/mol. The van der Waals surface area contributed by atoms with Gasteiger partial charge in [-0.1, -0.05) is 6.07 Å². The van der Waals surface area contributed by atoms with Crippen LogP contribution in [0.1, 0.15) is 31.1 Å². The van der Waals surface area contributed by atoms with E-state index in [1.165, 1.54) is 0 Å². The topological polar surface area (TPSA) is 60.3 Å². The summed E-state index contributed by atoms with van der Waals surface area (Å²) >= 11 is 0. The highest BCUT2D eigenvalue weighted by Gasteiger charge is 2.17. The first-order chi connectivity index (χ1) is 10.1. The number of aromatic nitrogens is 1. The lowest BCUT2D eigenvalue weighted by Gasteiger charge is -2.14. The second-order valence-electron chi connectivity index (χ2n) is 4.61. The number of fused-ring (bicyclic) bond motifs is 1. The number of hydrogen-bond donors (Lipinski definition) is 1. The summed E-state index contributed by atoms with van der Waals surface area (Å²) in [5.41, 5.74) is 1.35. The molecule has 0 aliphatic heterocycles. The molecule has 0 spiro atoms. The van der Waals surface area contributed by atoms with E-state index in [9.17, 15) is 9.59 Å². The van der Waals surface area contributed by atoms with Crippen LogP contribution in [-0.2, 0) is 11.3 Å². The van der Waals surface area contributed by atoms with E-state index < -0.39 is 5.97 Å². The molecule has 1 aromatic carbocycles. The molecule has 0 atom stereocenters. The number of ether oxygens (including phenoxy) is 1. The minimum atomic E-state index is -0.571. The molecule has 5 nitrogen and oxygen atoms in total. The van der Waals surface area contributed by atoms with Crippen molar-refractivity contribution < 1.29 is 9.53 Å². The number of rotatable bonds is 5. The molecule has 0 unspecified atom stereocenters. The van der Waals surface area contributed by atoms with E-state index in [0.717, 1.165) is 11.2 Å². The van der Waals surface area contributed by atoms with Crippen LogP contribution in [-0.4, -0.2) is 23.7 Å². The normalized spacial score (nSPS) is 10.6. The van der Waals surface area contributed by atoms with Crippen molar-refractivity contribution in [3.63, 3.8) is 0 Å². The highest BCUT2D eigenvalue weighted by molar-refractivity contribution is 5.98. The number of nitrogens with one attached hydrogen (secondary N) is 1. The number of aryl methyl sites for hydroxylation is 1. The molecule has 0 saturated heterocycles. The molecule has 0 aliphatic carbocycles. The number of benzene rings is 1. The fourth-order valence-corrected chi connectivity index (χ4v) is 2.39. The van der Waals surface area contributed by atoms with E-state index in [-0.39, 0.29) is 17.6 Å². The minimum absolute atomic E-state index is 0.0801. The molecule has 0 radical (unpaired) electrons. The molecule has 1 heterocycles. The average Bonchev–Trinajstić information content (AvgIpc) is 2.48. The predicted octanol–water partition coefficient (Wildman–Crippen LogP) is 2.63. The summed E-state index contributed by atoms with van der Waals surface area (Å²) in [6, 6.07) is 5.63. The summed E-state index contributed by atoms with van der Waals surface area (Å²) in [5, 5.41) is 3.71. The van der Waals surface area contributed by atoms with Gasteiger partial charge in [-0.05, 0) is 32.9 Å². The molecule has 1 aromatic heterocycles. The first-order valence-corrected chi connectivity index (χ1v) is 7.21. The van der Waals surface area contributed by atoms with Crippen molar-refractivity contribution in [2.75, 3.05) is 18.5 Å². The second kappa shape index (κ2) is 6.43. The van der Waals surface area contributed by atoms with Gasteiger partial charge in [-0.2, -0.15) is 0 Å². The Balaban J connectivity index is 2.79. The van der Waals surface area contributed by atoms with Crippen LogP contribution in [0.2, 0.25) is 0 Å². The van der Waals surface area contributed by atoms with Gasteiger partial charge >= 0.3 is 5.97 Å². The number of anilines is 1. The maximum Gasteiger partial charge on any atom is 0.343 e. The van der Waals surface area contributed by atoms with Gasteiger partial charge in [0.25, 0.3) is 0 Å². The van der Waals surface area contributed by atoms with Crippen molar-refractivity contribution in [3.8, 4) is 0 Å². The first-order valence-electron chi connectivity index (χ1n) is 7.21. The quantitative estimate of drug-likeness (QED) is 0.859. The standard InChI is InChI=1S/C16H20N2O3/c1-4-17-12-8-7-9-13-14(12)15(19)11(10-18(13)5-2)16(20)21-6-3/h7-10,17H,4-6H2,1-3H3. The smallest absolute Gasteiger partial charge is 0.343 e. The summed E-state index contributed by atoms with van der Waals surface area (Å²) < 4.78 is 6.88. The van der Waals surface area contributed by atoms with Gasteiger partial charge in [0.1, 0.15) is 5.56 Å². The molecule has 5 heteroatoms. The van der Waals surface area contributed by atoms with Crippen LogP contribution in [0.4, 0.5) is 5.69 Å². The maximum absolute atomic E-state index is 12.7. The van der Waals surface area contributed by atoms with Gasteiger partial charge in [0.15, 0.2) is 0 Å². The lowest BCUT2D eigenvalue weighted by atomic mass is 10.1. The van der Waals surface area contributed by atoms with E-state index in [1.54, 1.807) is 13.1 Å². The van der Waals surface area contributed by atoms with Gasteiger partial charge in [-0.3, -0.25) is 4.79 Å². The summed E-state index contributed by atoms with van der Waals surface area (Å²) in [7, 11) is 0. The van der Waals surface area contributed by atoms with Gasteiger partial charge < -0.3 is 14.6 Å². The summed E-state index contributed by atoms with van der Waals surface area (Å²) in [6.45, 7) is 7.27. The van der Waals surface area contributed by atoms with Crippen LogP contribution >= 0.6 is 0 Å². The molecule has 2 rings (SSSR count). The van der Waals surface area contributed by atoms with E-state index >= 15 is 0 Å². The maximum atomic E-state index is 12.7. The van der Waals surface area contributed by atoms with Crippen molar-refractivity contribution in [2.24, 2.45) is 0 Å². The third-order valence-corrected chi connectivity index (χ3v) is 3.31. The number of pyridine rings is 1. The van der Waals surface area contributed by atoms with Crippen LogP contribution in [0.15, 0.2) is 29.2 Å². The number of esters is 1. The molecule has 1 N–H and O–H groups in total.